The number of thiazole rings is 1. The Kier molecular flexibility index (Phi) is 6.86. The van der Waals surface area contributed by atoms with Crippen LogP contribution in [0.4, 0.5) is 10.1 Å². The zero-order chi connectivity index (χ0) is 25.3. The van der Waals surface area contributed by atoms with E-state index in [4.69, 9.17) is 0 Å². The second-order valence-corrected chi connectivity index (χ2v) is 11.6. The van der Waals surface area contributed by atoms with Crippen LogP contribution in [0.25, 0.3) is 21.3 Å². The van der Waals surface area contributed by atoms with E-state index in [9.17, 15) is 27.2 Å². The molecule has 0 spiro atoms. The summed E-state index contributed by atoms with van der Waals surface area (Å²) in [6.45, 7) is 1.04. The van der Waals surface area contributed by atoms with E-state index in [-0.39, 0.29) is 29.1 Å². The number of aromatic nitrogens is 1. The van der Waals surface area contributed by atoms with Gasteiger partial charge in [-0.2, -0.15) is 0 Å². The summed E-state index contributed by atoms with van der Waals surface area (Å²) in [6.07, 6.45) is 2.68. The van der Waals surface area contributed by atoms with Crippen LogP contribution in [0.2, 0.25) is 0 Å². The van der Waals surface area contributed by atoms with E-state index in [2.05, 4.69) is 20.9 Å². The topological polar surface area (TPSA) is 134 Å². The predicted molar refractivity (Wildman–Crippen MR) is 131 cm³/mol. The molecule has 0 aliphatic heterocycles. The average Bonchev–Trinajstić information content (AvgIpc) is 3.48. The van der Waals surface area contributed by atoms with Crippen molar-refractivity contribution in [1.29, 1.82) is 0 Å². The molecule has 35 heavy (non-hydrogen) atoms. The van der Waals surface area contributed by atoms with Gasteiger partial charge >= 0.3 is 0 Å². The van der Waals surface area contributed by atoms with E-state index in [1.54, 1.807) is 24.3 Å². The maximum absolute atomic E-state index is 14.9. The van der Waals surface area contributed by atoms with E-state index in [1.165, 1.54) is 19.1 Å². The van der Waals surface area contributed by atoms with E-state index in [0.717, 1.165) is 30.4 Å². The Bertz CT molecular complexity index is 1420. The smallest absolute Gasteiger partial charge is 0.245 e. The van der Waals surface area contributed by atoms with Gasteiger partial charge in [-0.1, -0.05) is 12.1 Å². The molecule has 184 valence electrons. The van der Waals surface area contributed by atoms with E-state index < -0.39 is 32.7 Å². The number of rotatable bonds is 8. The summed E-state index contributed by atoms with van der Waals surface area (Å²) in [7, 11) is -3.93. The molecule has 3 N–H and O–H groups in total. The zero-order valence-corrected chi connectivity index (χ0v) is 20.6. The van der Waals surface area contributed by atoms with Crippen molar-refractivity contribution in [3.05, 3.63) is 47.2 Å². The molecule has 4 rings (SSSR count). The van der Waals surface area contributed by atoms with Crippen LogP contribution in [0.5, 0.6) is 0 Å². The number of fused-ring (bicyclic) bond motifs is 1. The van der Waals surface area contributed by atoms with Gasteiger partial charge in [-0.25, -0.2) is 17.8 Å². The summed E-state index contributed by atoms with van der Waals surface area (Å²) in [4.78, 5) is 40.1. The zero-order valence-electron chi connectivity index (χ0n) is 18.9. The fourth-order valence-electron chi connectivity index (χ4n) is 3.49. The Morgan fingerprint density at radius 2 is 1.86 bits per heavy atom. The first-order chi connectivity index (χ1) is 16.5. The molecule has 1 fully saturated rings. The molecule has 0 saturated heterocycles. The molecule has 1 atom stereocenters. The van der Waals surface area contributed by atoms with Crippen molar-refractivity contribution in [3.8, 4) is 11.1 Å². The maximum Gasteiger partial charge on any atom is 0.245 e. The minimum absolute atomic E-state index is 0.0137. The van der Waals surface area contributed by atoms with Gasteiger partial charge in [0.15, 0.2) is 15.1 Å². The number of nitrogens with zero attached hydrogens (tertiary/aromatic N) is 1. The molecule has 0 bridgehead atoms. The lowest BCUT2D eigenvalue weighted by atomic mass is 10.0. The van der Waals surface area contributed by atoms with Gasteiger partial charge in [0, 0.05) is 30.5 Å². The third-order valence-corrected chi connectivity index (χ3v) is 7.79. The van der Waals surface area contributed by atoms with E-state index in [1.807, 2.05) is 0 Å². The summed E-state index contributed by atoms with van der Waals surface area (Å²) in [5, 5.41) is 6.07. The van der Waals surface area contributed by atoms with Crippen LogP contribution in [0.15, 0.2) is 36.4 Å². The lowest BCUT2D eigenvalue weighted by Crippen LogP contribution is -2.41. The third kappa shape index (κ3) is 6.01. The highest BCUT2D eigenvalue weighted by Gasteiger charge is 2.34. The molecular formula is C23H23FN4O5S2. The molecule has 3 aromatic rings. The highest BCUT2D eigenvalue weighted by molar-refractivity contribution is 7.91. The van der Waals surface area contributed by atoms with Gasteiger partial charge in [-0.3, -0.25) is 14.4 Å². The van der Waals surface area contributed by atoms with Crippen molar-refractivity contribution in [2.75, 3.05) is 18.1 Å². The Hall–Kier alpha value is -3.38. The summed E-state index contributed by atoms with van der Waals surface area (Å²) in [5.74, 6) is -2.04. The second-order valence-electron chi connectivity index (χ2n) is 8.38. The number of carbonyl (C=O) groups excluding carboxylic acids is 3. The van der Waals surface area contributed by atoms with Crippen molar-refractivity contribution < 1.29 is 27.2 Å². The number of carbonyl (C=O) groups is 3. The summed E-state index contributed by atoms with van der Waals surface area (Å²) in [5.41, 5.74) is 1.67. The Morgan fingerprint density at radius 3 is 2.46 bits per heavy atom. The first-order valence-electron chi connectivity index (χ1n) is 10.7. The first kappa shape index (κ1) is 24.7. The Balaban J connectivity index is 1.60. The number of hydrogen-bond acceptors (Lipinski definition) is 7. The molecule has 1 aliphatic rings. The number of nitrogens with one attached hydrogen (secondary N) is 3. The molecule has 0 radical (unpaired) electrons. The lowest BCUT2D eigenvalue weighted by Gasteiger charge is -2.12. The van der Waals surface area contributed by atoms with Gasteiger partial charge in [-0.05, 0) is 42.7 Å². The molecule has 1 unspecified atom stereocenters. The van der Waals surface area contributed by atoms with Crippen molar-refractivity contribution in [3.63, 3.8) is 0 Å². The van der Waals surface area contributed by atoms with Crippen LogP contribution in [0.1, 0.15) is 30.0 Å². The lowest BCUT2D eigenvalue weighted by molar-refractivity contribution is -0.126. The van der Waals surface area contributed by atoms with E-state index in [0.29, 0.717) is 21.5 Å². The number of hydrogen-bond donors (Lipinski definition) is 3. The van der Waals surface area contributed by atoms with Crippen molar-refractivity contribution in [2.45, 2.75) is 31.1 Å². The average molecular weight is 519 g/mol. The first-order valence-corrected chi connectivity index (χ1v) is 13.5. The van der Waals surface area contributed by atoms with Crippen LogP contribution in [-0.2, 0) is 24.2 Å². The van der Waals surface area contributed by atoms with Crippen LogP contribution in [-0.4, -0.2) is 50.0 Å². The number of benzene rings is 2. The fourth-order valence-corrected chi connectivity index (χ4v) is 6.01. The molecule has 1 aliphatic carbocycles. The maximum atomic E-state index is 14.9. The molecule has 3 amide bonds. The summed E-state index contributed by atoms with van der Waals surface area (Å²) < 4.78 is 40.2. The predicted octanol–water partition coefficient (Wildman–Crippen LogP) is 2.54. The fraction of sp³-hybridized carbons (Fsp3) is 0.304. The Labute approximate surface area is 205 Å². The van der Waals surface area contributed by atoms with Crippen LogP contribution in [0, 0.1) is 5.82 Å². The minimum Gasteiger partial charge on any atom is -0.352 e. The van der Waals surface area contributed by atoms with Crippen molar-refractivity contribution in [2.24, 2.45) is 0 Å². The molecule has 1 saturated carbocycles. The largest absolute Gasteiger partial charge is 0.352 e. The standard InChI is InChI=1S/C23H23FN4O5S2/c1-12(29)26-14-5-3-13(4-6-14)16-9-18-19(10-17(16)24)34-23(28-18)21(35(2,32)33)22(31)25-11-20(30)27-15-7-8-15/h3-6,9-10,15,21H,7-8,11H2,1-2H3,(H,25,31)(H,26,29)(H,27,30). The molecule has 2 aromatic carbocycles. The molecular weight excluding hydrogens is 495 g/mol. The SMILES string of the molecule is CC(=O)Nc1ccc(-c2cc3nc(C(C(=O)NCC(=O)NC4CC4)S(C)(=O)=O)sc3cc2F)cc1. The van der Waals surface area contributed by atoms with E-state index >= 15 is 0 Å². The summed E-state index contributed by atoms with van der Waals surface area (Å²) in [6, 6.07) is 9.39. The quantitative estimate of drug-likeness (QED) is 0.420. The van der Waals surface area contributed by atoms with Crippen LogP contribution in [0.3, 0.4) is 0 Å². The second kappa shape index (κ2) is 9.70. The number of halogens is 1. The van der Waals surface area contributed by atoms with Gasteiger partial charge in [0.2, 0.25) is 17.7 Å². The third-order valence-electron chi connectivity index (χ3n) is 5.27. The van der Waals surface area contributed by atoms with Gasteiger partial charge < -0.3 is 16.0 Å². The van der Waals surface area contributed by atoms with Gasteiger partial charge in [0.25, 0.3) is 0 Å². The number of sulfone groups is 1. The molecule has 12 heteroatoms. The summed E-state index contributed by atoms with van der Waals surface area (Å²) >= 11 is 0.904. The Morgan fingerprint density at radius 1 is 1.17 bits per heavy atom. The van der Waals surface area contributed by atoms with Crippen molar-refractivity contribution >= 4 is 54.8 Å². The highest BCUT2D eigenvalue weighted by atomic mass is 32.2. The van der Waals surface area contributed by atoms with Gasteiger partial charge in [0.05, 0.1) is 16.8 Å². The van der Waals surface area contributed by atoms with Gasteiger partial charge in [-0.15, -0.1) is 11.3 Å². The number of anilines is 1. The minimum atomic E-state index is -3.93. The molecule has 1 aromatic heterocycles. The normalized spacial score (nSPS) is 14.4. The molecule has 9 nitrogen and oxygen atoms in total. The molecule has 1 heterocycles. The number of amides is 3. The van der Waals surface area contributed by atoms with Crippen LogP contribution >= 0.6 is 11.3 Å². The van der Waals surface area contributed by atoms with Crippen LogP contribution < -0.4 is 16.0 Å². The monoisotopic (exact) mass is 518 g/mol. The van der Waals surface area contributed by atoms with Gasteiger partial charge in [0.1, 0.15) is 10.8 Å². The highest BCUT2D eigenvalue weighted by Crippen LogP contribution is 2.35. The van der Waals surface area contributed by atoms with Crippen molar-refractivity contribution in [1.82, 2.24) is 15.6 Å².